The fourth-order valence-corrected chi connectivity index (χ4v) is 2.42. The Morgan fingerprint density at radius 2 is 2.24 bits per heavy atom. The summed E-state index contributed by atoms with van der Waals surface area (Å²) in [6, 6.07) is 8.36. The van der Waals surface area contributed by atoms with Gasteiger partial charge in [-0.05, 0) is 25.5 Å². The number of H-pyrrole nitrogens is 1. The number of para-hydroxylation sites is 1. The maximum Gasteiger partial charge on any atom is 0.0742 e. The van der Waals surface area contributed by atoms with Gasteiger partial charge in [0.2, 0.25) is 0 Å². The highest BCUT2D eigenvalue weighted by Crippen LogP contribution is 2.19. The molecule has 1 saturated heterocycles. The molecule has 1 unspecified atom stereocenters. The van der Waals surface area contributed by atoms with E-state index in [1.807, 2.05) is 0 Å². The molecule has 1 fully saturated rings. The Kier molecular flexibility index (Phi) is 3.12. The third-order valence-corrected chi connectivity index (χ3v) is 3.40. The molecule has 3 heteroatoms. The Bertz CT molecular complexity index is 486. The van der Waals surface area contributed by atoms with Gasteiger partial charge in [0.1, 0.15) is 0 Å². The van der Waals surface area contributed by atoms with Crippen LogP contribution < -0.4 is 5.32 Å². The Balaban J connectivity index is 1.68. The van der Waals surface area contributed by atoms with E-state index >= 15 is 0 Å². The van der Waals surface area contributed by atoms with E-state index in [4.69, 9.17) is 4.74 Å². The number of aromatic nitrogens is 1. The normalized spacial score (nSPS) is 20.8. The largest absolute Gasteiger partial charge is 0.372 e. The number of hydrogen-bond acceptors (Lipinski definition) is 2. The van der Waals surface area contributed by atoms with Gasteiger partial charge in [-0.1, -0.05) is 18.2 Å². The summed E-state index contributed by atoms with van der Waals surface area (Å²) in [4.78, 5) is 3.28. The van der Waals surface area contributed by atoms with E-state index in [0.717, 1.165) is 13.1 Å². The van der Waals surface area contributed by atoms with Crippen LogP contribution in [0.3, 0.4) is 0 Å². The molecule has 0 bridgehead atoms. The number of piperidine rings is 1. The standard InChI is InChI=1S/C14H18N2O/c1-2-6-14-13(5-1)11(8-16-14)10-17-12-4-3-7-15-9-12/h1-2,5-6,8,12,15-16H,3-4,7,9-10H2. The van der Waals surface area contributed by atoms with Gasteiger partial charge in [0, 0.05) is 29.2 Å². The van der Waals surface area contributed by atoms with E-state index in [1.54, 1.807) is 0 Å². The summed E-state index contributed by atoms with van der Waals surface area (Å²) in [5, 5.41) is 4.64. The van der Waals surface area contributed by atoms with Gasteiger partial charge in [0.15, 0.2) is 0 Å². The first kappa shape index (κ1) is 10.8. The zero-order valence-electron chi connectivity index (χ0n) is 9.91. The molecule has 0 radical (unpaired) electrons. The van der Waals surface area contributed by atoms with Crippen molar-refractivity contribution in [1.29, 1.82) is 0 Å². The van der Waals surface area contributed by atoms with E-state index in [1.165, 1.54) is 29.3 Å². The lowest BCUT2D eigenvalue weighted by atomic mass is 10.1. The summed E-state index contributed by atoms with van der Waals surface area (Å²) >= 11 is 0. The monoisotopic (exact) mass is 230 g/mol. The lowest BCUT2D eigenvalue weighted by Gasteiger charge is -2.22. The van der Waals surface area contributed by atoms with E-state index < -0.39 is 0 Å². The summed E-state index contributed by atoms with van der Waals surface area (Å²) in [6.45, 7) is 2.83. The fraction of sp³-hybridized carbons (Fsp3) is 0.429. The van der Waals surface area contributed by atoms with Gasteiger partial charge in [0.25, 0.3) is 0 Å². The van der Waals surface area contributed by atoms with E-state index in [0.29, 0.717) is 12.7 Å². The fourth-order valence-electron chi connectivity index (χ4n) is 2.42. The average molecular weight is 230 g/mol. The predicted octanol–water partition coefficient (Wildman–Crippen LogP) is 2.44. The first-order valence-electron chi connectivity index (χ1n) is 6.31. The second kappa shape index (κ2) is 4.90. The number of aromatic amines is 1. The van der Waals surface area contributed by atoms with Crippen LogP contribution in [0.1, 0.15) is 18.4 Å². The molecular weight excluding hydrogens is 212 g/mol. The Labute approximate surface area is 101 Å². The van der Waals surface area contributed by atoms with E-state index in [-0.39, 0.29) is 0 Å². The SMILES string of the molecule is c1ccc2c(COC3CCCNC3)c[nH]c2c1. The molecule has 2 aromatic rings. The first-order chi connectivity index (χ1) is 8.43. The smallest absolute Gasteiger partial charge is 0.0742 e. The molecule has 1 aromatic carbocycles. The van der Waals surface area contributed by atoms with Crippen molar-refractivity contribution in [3.05, 3.63) is 36.0 Å². The highest BCUT2D eigenvalue weighted by Gasteiger charge is 2.13. The van der Waals surface area contributed by atoms with Crippen molar-refractivity contribution in [3.8, 4) is 0 Å². The van der Waals surface area contributed by atoms with Crippen LogP contribution in [-0.2, 0) is 11.3 Å². The molecule has 1 atom stereocenters. The van der Waals surface area contributed by atoms with Crippen molar-refractivity contribution in [2.75, 3.05) is 13.1 Å². The Morgan fingerprint density at radius 3 is 3.12 bits per heavy atom. The van der Waals surface area contributed by atoms with Crippen LogP contribution >= 0.6 is 0 Å². The summed E-state index contributed by atoms with van der Waals surface area (Å²) in [6.07, 6.45) is 4.83. The van der Waals surface area contributed by atoms with Crippen molar-refractivity contribution in [3.63, 3.8) is 0 Å². The molecule has 3 nitrogen and oxygen atoms in total. The molecule has 1 aromatic heterocycles. The number of fused-ring (bicyclic) bond motifs is 1. The molecule has 0 saturated carbocycles. The van der Waals surface area contributed by atoms with Gasteiger partial charge in [-0.15, -0.1) is 0 Å². The quantitative estimate of drug-likeness (QED) is 0.849. The zero-order valence-corrected chi connectivity index (χ0v) is 9.91. The molecule has 3 rings (SSSR count). The van der Waals surface area contributed by atoms with Gasteiger partial charge in [0.05, 0.1) is 12.7 Å². The van der Waals surface area contributed by atoms with Crippen LogP contribution in [0.5, 0.6) is 0 Å². The van der Waals surface area contributed by atoms with Crippen molar-refractivity contribution in [1.82, 2.24) is 10.3 Å². The van der Waals surface area contributed by atoms with Crippen molar-refractivity contribution < 1.29 is 4.74 Å². The van der Waals surface area contributed by atoms with Crippen molar-refractivity contribution in [2.24, 2.45) is 0 Å². The number of rotatable bonds is 3. The molecule has 1 aliphatic heterocycles. The molecule has 90 valence electrons. The lowest BCUT2D eigenvalue weighted by molar-refractivity contribution is 0.0258. The second-order valence-corrected chi connectivity index (χ2v) is 4.64. The highest BCUT2D eigenvalue weighted by atomic mass is 16.5. The zero-order chi connectivity index (χ0) is 11.5. The van der Waals surface area contributed by atoms with Crippen LogP contribution in [0.25, 0.3) is 10.9 Å². The minimum absolute atomic E-state index is 0.373. The minimum atomic E-state index is 0.373. The first-order valence-corrected chi connectivity index (χ1v) is 6.31. The third kappa shape index (κ3) is 2.35. The molecule has 2 N–H and O–H groups in total. The number of ether oxygens (including phenoxy) is 1. The summed E-state index contributed by atoms with van der Waals surface area (Å²) < 4.78 is 5.95. The third-order valence-electron chi connectivity index (χ3n) is 3.40. The van der Waals surface area contributed by atoms with Gasteiger partial charge in [-0.2, -0.15) is 0 Å². The van der Waals surface area contributed by atoms with Crippen LogP contribution in [0.2, 0.25) is 0 Å². The van der Waals surface area contributed by atoms with Crippen LogP contribution in [0, 0.1) is 0 Å². The van der Waals surface area contributed by atoms with E-state index in [2.05, 4.69) is 40.8 Å². The maximum absolute atomic E-state index is 5.95. The van der Waals surface area contributed by atoms with E-state index in [9.17, 15) is 0 Å². The number of benzene rings is 1. The van der Waals surface area contributed by atoms with Crippen LogP contribution in [-0.4, -0.2) is 24.2 Å². The summed E-state index contributed by atoms with van der Waals surface area (Å²) in [5.74, 6) is 0. The van der Waals surface area contributed by atoms with Crippen LogP contribution in [0.4, 0.5) is 0 Å². The molecule has 0 spiro atoms. The summed E-state index contributed by atoms with van der Waals surface area (Å²) in [5.41, 5.74) is 2.44. The molecule has 0 aliphatic carbocycles. The Hall–Kier alpha value is -1.32. The van der Waals surface area contributed by atoms with Gasteiger partial charge < -0.3 is 15.0 Å². The highest BCUT2D eigenvalue weighted by molar-refractivity contribution is 5.82. The number of hydrogen-bond donors (Lipinski definition) is 2. The molecule has 0 amide bonds. The van der Waals surface area contributed by atoms with Crippen LogP contribution in [0.15, 0.2) is 30.5 Å². The Morgan fingerprint density at radius 1 is 1.29 bits per heavy atom. The van der Waals surface area contributed by atoms with Gasteiger partial charge >= 0.3 is 0 Å². The van der Waals surface area contributed by atoms with Gasteiger partial charge in [-0.3, -0.25) is 0 Å². The summed E-state index contributed by atoms with van der Waals surface area (Å²) in [7, 11) is 0. The molecule has 2 heterocycles. The van der Waals surface area contributed by atoms with Crippen molar-refractivity contribution >= 4 is 10.9 Å². The molecule has 17 heavy (non-hydrogen) atoms. The second-order valence-electron chi connectivity index (χ2n) is 4.64. The van der Waals surface area contributed by atoms with Crippen molar-refractivity contribution in [2.45, 2.75) is 25.6 Å². The maximum atomic E-state index is 5.95. The topological polar surface area (TPSA) is 37.0 Å². The minimum Gasteiger partial charge on any atom is -0.372 e. The van der Waals surface area contributed by atoms with Gasteiger partial charge in [-0.25, -0.2) is 0 Å². The lowest BCUT2D eigenvalue weighted by Crippen LogP contribution is -2.35. The number of nitrogens with one attached hydrogen (secondary N) is 2. The molecular formula is C14H18N2O. The predicted molar refractivity (Wildman–Crippen MR) is 69.0 cm³/mol. The average Bonchev–Trinajstić information content (AvgIpc) is 2.81. The molecule has 1 aliphatic rings.